The Kier molecular flexibility index (Phi) is 6.55. The van der Waals surface area contributed by atoms with Crippen molar-refractivity contribution in [1.29, 1.82) is 0 Å². The lowest BCUT2D eigenvalue weighted by Gasteiger charge is -2.37. The average Bonchev–Trinajstić information content (AvgIpc) is 3.43. The highest BCUT2D eigenvalue weighted by atomic mass is 35.5. The molecule has 3 atom stereocenters. The van der Waals surface area contributed by atoms with E-state index in [1.807, 2.05) is 54.7 Å². The van der Waals surface area contributed by atoms with E-state index in [9.17, 15) is 0 Å². The number of para-hydroxylation sites is 1. The topological polar surface area (TPSA) is 33.6 Å². The Balaban J connectivity index is 1.18. The first-order valence-corrected chi connectivity index (χ1v) is 13.2. The molecule has 1 aliphatic heterocycles. The third-order valence-corrected chi connectivity index (χ3v) is 7.75. The van der Waals surface area contributed by atoms with Gasteiger partial charge in [0.25, 0.3) is 0 Å². The lowest BCUT2D eigenvalue weighted by molar-refractivity contribution is 0.306. The van der Waals surface area contributed by atoms with Crippen LogP contribution in [0.2, 0.25) is 5.02 Å². The minimum atomic E-state index is 0.284. The molecule has 0 aromatic heterocycles. The minimum Gasteiger partial charge on any atom is -0.488 e. The highest BCUT2D eigenvalue weighted by Gasteiger charge is 2.37. The lowest BCUT2D eigenvalue weighted by atomic mass is 9.76. The van der Waals surface area contributed by atoms with E-state index >= 15 is 0 Å². The van der Waals surface area contributed by atoms with Crippen molar-refractivity contribution in [2.75, 3.05) is 5.32 Å². The SMILES string of the molecule is Cc1ccc2c(c1)[C@@H]1C=CC[C@H]1[C@H](c1ccc(N=Cc3ccccc3OCc3ccccc3Cl)cc1)N2. The van der Waals surface area contributed by atoms with Crippen molar-refractivity contribution in [3.8, 4) is 5.75 Å². The number of hydrogen-bond donors (Lipinski definition) is 1. The van der Waals surface area contributed by atoms with Gasteiger partial charge in [-0.25, -0.2) is 0 Å². The maximum Gasteiger partial charge on any atom is 0.128 e. The van der Waals surface area contributed by atoms with Gasteiger partial charge < -0.3 is 10.1 Å². The molecule has 0 saturated carbocycles. The standard InChI is InChI=1S/C33H29ClN2O/c1-22-13-18-31-29(19-22)27-9-6-10-28(27)33(36-31)23-14-16-26(17-15-23)35-20-24-7-3-5-12-32(24)37-21-25-8-2-4-11-30(25)34/h2-9,11-20,27-28,33,36H,10,21H2,1H3/t27-,28-,33+/m1/s1. The normalized spacial score (nSPS) is 19.9. The van der Waals surface area contributed by atoms with Gasteiger partial charge in [0, 0.05) is 34.0 Å². The van der Waals surface area contributed by atoms with Crippen molar-refractivity contribution >= 4 is 29.2 Å². The number of ether oxygens (including phenoxy) is 1. The molecule has 0 spiro atoms. The molecule has 1 N–H and O–H groups in total. The predicted octanol–water partition coefficient (Wildman–Crippen LogP) is 8.80. The largest absolute Gasteiger partial charge is 0.488 e. The van der Waals surface area contributed by atoms with Crippen molar-refractivity contribution < 1.29 is 4.74 Å². The molecule has 0 radical (unpaired) electrons. The Morgan fingerprint density at radius 2 is 1.78 bits per heavy atom. The zero-order valence-electron chi connectivity index (χ0n) is 20.8. The fourth-order valence-electron chi connectivity index (χ4n) is 5.45. The van der Waals surface area contributed by atoms with Gasteiger partial charge in [0.15, 0.2) is 0 Å². The summed E-state index contributed by atoms with van der Waals surface area (Å²) in [6, 6.07) is 31.3. The van der Waals surface area contributed by atoms with Crippen molar-refractivity contribution in [2.45, 2.75) is 31.9 Å². The molecule has 4 aromatic carbocycles. The molecule has 184 valence electrons. The van der Waals surface area contributed by atoms with Crippen LogP contribution < -0.4 is 10.1 Å². The fraction of sp³-hybridized carbons (Fsp3) is 0.182. The molecule has 2 aliphatic rings. The maximum absolute atomic E-state index is 6.29. The van der Waals surface area contributed by atoms with Gasteiger partial charge in [-0.2, -0.15) is 0 Å². The first kappa shape index (κ1) is 23.6. The van der Waals surface area contributed by atoms with Crippen LogP contribution >= 0.6 is 11.6 Å². The number of allylic oxidation sites excluding steroid dienone is 2. The second-order valence-corrected chi connectivity index (χ2v) is 10.2. The predicted molar refractivity (Wildman–Crippen MR) is 153 cm³/mol. The van der Waals surface area contributed by atoms with Gasteiger partial charge in [0.2, 0.25) is 0 Å². The number of aryl methyl sites for hydroxylation is 1. The van der Waals surface area contributed by atoms with Crippen LogP contribution in [0.25, 0.3) is 0 Å². The Morgan fingerprint density at radius 3 is 2.65 bits per heavy atom. The van der Waals surface area contributed by atoms with Crippen molar-refractivity contribution in [1.82, 2.24) is 0 Å². The summed E-state index contributed by atoms with van der Waals surface area (Å²) in [7, 11) is 0. The van der Waals surface area contributed by atoms with Crippen LogP contribution in [0, 0.1) is 12.8 Å². The van der Waals surface area contributed by atoms with E-state index in [4.69, 9.17) is 21.3 Å². The molecular weight excluding hydrogens is 476 g/mol. The molecule has 3 nitrogen and oxygen atoms in total. The number of benzene rings is 4. The fourth-order valence-corrected chi connectivity index (χ4v) is 5.64. The summed E-state index contributed by atoms with van der Waals surface area (Å²) in [5.74, 6) is 1.79. The van der Waals surface area contributed by atoms with Crippen LogP contribution in [0.4, 0.5) is 11.4 Å². The monoisotopic (exact) mass is 504 g/mol. The number of fused-ring (bicyclic) bond motifs is 3. The number of nitrogens with zero attached hydrogens (tertiary/aromatic N) is 1. The van der Waals surface area contributed by atoms with Crippen LogP contribution in [-0.2, 0) is 6.61 Å². The molecule has 0 unspecified atom stereocenters. The summed E-state index contributed by atoms with van der Waals surface area (Å²) in [6.07, 6.45) is 7.69. The number of rotatable bonds is 6. The molecule has 0 saturated heterocycles. The van der Waals surface area contributed by atoms with E-state index in [-0.39, 0.29) is 6.04 Å². The van der Waals surface area contributed by atoms with E-state index in [0.29, 0.717) is 23.5 Å². The first-order chi connectivity index (χ1) is 18.2. The van der Waals surface area contributed by atoms with Gasteiger partial charge in [0.05, 0.1) is 11.7 Å². The van der Waals surface area contributed by atoms with Crippen LogP contribution in [-0.4, -0.2) is 6.21 Å². The molecule has 0 amide bonds. The Morgan fingerprint density at radius 1 is 0.973 bits per heavy atom. The number of hydrogen-bond acceptors (Lipinski definition) is 3. The van der Waals surface area contributed by atoms with Crippen LogP contribution in [0.5, 0.6) is 5.75 Å². The van der Waals surface area contributed by atoms with Crippen LogP contribution in [0.15, 0.2) is 108 Å². The molecular formula is C33H29ClN2O. The van der Waals surface area contributed by atoms with E-state index < -0.39 is 0 Å². The van der Waals surface area contributed by atoms with E-state index in [2.05, 4.69) is 66.9 Å². The van der Waals surface area contributed by atoms with E-state index in [1.54, 1.807) is 0 Å². The average molecular weight is 505 g/mol. The Labute approximate surface area is 223 Å². The lowest BCUT2D eigenvalue weighted by Crippen LogP contribution is -2.29. The number of anilines is 1. The maximum atomic E-state index is 6.29. The summed E-state index contributed by atoms with van der Waals surface area (Å²) < 4.78 is 6.08. The van der Waals surface area contributed by atoms with E-state index in [0.717, 1.165) is 29.0 Å². The summed E-state index contributed by atoms with van der Waals surface area (Å²) in [5.41, 5.74) is 8.09. The molecule has 1 aliphatic carbocycles. The van der Waals surface area contributed by atoms with Crippen LogP contribution in [0.3, 0.4) is 0 Å². The zero-order valence-corrected chi connectivity index (χ0v) is 21.5. The van der Waals surface area contributed by atoms with Crippen molar-refractivity contribution in [3.05, 3.63) is 136 Å². The highest BCUT2D eigenvalue weighted by molar-refractivity contribution is 6.31. The third kappa shape index (κ3) is 4.92. The summed E-state index contributed by atoms with van der Waals surface area (Å²) in [5, 5.41) is 4.53. The third-order valence-electron chi connectivity index (χ3n) is 7.38. The van der Waals surface area contributed by atoms with Gasteiger partial charge in [-0.05, 0) is 66.8 Å². The summed E-state index contributed by atoms with van der Waals surface area (Å²) in [6.45, 7) is 2.58. The van der Waals surface area contributed by atoms with E-state index in [1.165, 1.54) is 22.4 Å². The molecule has 6 rings (SSSR count). The zero-order chi connectivity index (χ0) is 25.2. The summed E-state index contributed by atoms with van der Waals surface area (Å²) in [4.78, 5) is 4.74. The second-order valence-electron chi connectivity index (χ2n) is 9.83. The smallest absolute Gasteiger partial charge is 0.128 e. The number of halogens is 1. The Hall–Kier alpha value is -3.82. The van der Waals surface area contributed by atoms with Gasteiger partial charge in [-0.15, -0.1) is 0 Å². The molecule has 1 heterocycles. The van der Waals surface area contributed by atoms with Crippen molar-refractivity contribution in [2.24, 2.45) is 10.9 Å². The highest BCUT2D eigenvalue weighted by Crippen LogP contribution is 2.50. The molecule has 37 heavy (non-hydrogen) atoms. The number of aliphatic imine (C=N–C) groups is 1. The second kappa shape index (κ2) is 10.3. The first-order valence-electron chi connectivity index (χ1n) is 12.8. The summed E-state index contributed by atoms with van der Waals surface area (Å²) >= 11 is 6.29. The quantitative estimate of drug-likeness (QED) is 0.210. The number of nitrogens with one attached hydrogen (secondary N) is 1. The van der Waals surface area contributed by atoms with Gasteiger partial charge in [-0.1, -0.05) is 83.9 Å². The van der Waals surface area contributed by atoms with Crippen molar-refractivity contribution in [3.63, 3.8) is 0 Å². The molecule has 0 bridgehead atoms. The molecule has 4 aromatic rings. The van der Waals surface area contributed by atoms with Gasteiger partial charge in [0.1, 0.15) is 12.4 Å². The molecule has 4 heteroatoms. The minimum absolute atomic E-state index is 0.284. The van der Waals surface area contributed by atoms with Crippen LogP contribution in [0.1, 0.15) is 46.2 Å². The molecule has 0 fully saturated rings. The Bertz CT molecular complexity index is 1470. The van der Waals surface area contributed by atoms with Gasteiger partial charge in [-0.3, -0.25) is 4.99 Å². The van der Waals surface area contributed by atoms with Gasteiger partial charge >= 0.3 is 0 Å².